The number of nitrogens with zero attached hydrogens (tertiary/aromatic N) is 3. The number of benzene rings is 2. The summed E-state index contributed by atoms with van der Waals surface area (Å²) < 4.78 is 5.56. The molecule has 2 aromatic heterocycles. The van der Waals surface area contributed by atoms with Crippen LogP contribution in [0.3, 0.4) is 0 Å². The number of carbonyl (C=O) groups is 2. The lowest BCUT2D eigenvalue weighted by Gasteiger charge is -2.30. The highest BCUT2D eigenvalue weighted by molar-refractivity contribution is 7.19. The van der Waals surface area contributed by atoms with Crippen LogP contribution in [0.2, 0.25) is 0 Å². The molecule has 0 saturated carbocycles. The summed E-state index contributed by atoms with van der Waals surface area (Å²) in [6.07, 6.45) is 1.95. The second kappa shape index (κ2) is 10.3. The van der Waals surface area contributed by atoms with Crippen molar-refractivity contribution in [3.05, 3.63) is 70.9 Å². The molecular formula is C28H30N6O3S. The van der Waals surface area contributed by atoms with Gasteiger partial charge in [-0.05, 0) is 81.6 Å². The Labute approximate surface area is 225 Å². The molecule has 0 bridgehead atoms. The normalized spacial score (nSPS) is 13.1. The number of aryl methyl sites for hydroxylation is 1. The summed E-state index contributed by atoms with van der Waals surface area (Å²) in [7, 11) is 0. The molecular weight excluding hydrogens is 500 g/mol. The van der Waals surface area contributed by atoms with Gasteiger partial charge >= 0.3 is 12.1 Å². The molecule has 0 aliphatic carbocycles. The summed E-state index contributed by atoms with van der Waals surface area (Å²) >= 11 is 1.58. The first-order valence-corrected chi connectivity index (χ1v) is 13.2. The number of nitrogens with one attached hydrogen (secondary N) is 3. The Bertz CT molecular complexity index is 1490. The summed E-state index contributed by atoms with van der Waals surface area (Å²) in [4.78, 5) is 37.7. The molecule has 3 heterocycles. The lowest BCUT2D eigenvalue weighted by Crippen LogP contribution is -2.39. The van der Waals surface area contributed by atoms with E-state index in [0.717, 1.165) is 37.8 Å². The van der Waals surface area contributed by atoms with Crippen LogP contribution in [-0.2, 0) is 17.7 Å². The van der Waals surface area contributed by atoms with Gasteiger partial charge in [0, 0.05) is 28.5 Å². The fourth-order valence-corrected chi connectivity index (χ4v) is 5.50. The van der Waals surface area contributed by atoms with Crippen LogP contribution in [0.15, 0.2) is 54.9 Å². The summed E-state index contributed by atoms with van der Waals surface area (Å²) in [5.74, 6) is 0.719. The molecule has 1 aliphatic heterocycles. The lowest BCUT2D eigenvalue weighted by molar-refractivity contribution is 0.0227. The Kier molecular flexibility index (Phi) is 6.90. The summed E-state index contributed by atoms with van der Waals surface area (Å²) in [5, 5.41) is 10.1. The van der Waals surface area contributed by atoms with E-state index in [1.807, 2.05) is 76.2 Å². The van der Waals surface area contributed by atoms with E-state index in [2.05, 4.69) is 25.9 Å². The molecule has 0 radical (unpaired) electrons. The Hall–Kier alpha value is -4.18. The molecule has 9 nitrogen and oxygen atoms in total. The van der Waals surface area contributed by atoms with Crippen molar-refractivity contribution in [3.63, 3.8) is 0 Å². The molecule has 1 aliphatic rings. The molecule has 0 unspecified atom stereocenters. The number of aromatic nitrogens is 2. The van der Waals surface area contributed by atoms with Gasteiger partial charge in [0.25, 0.3) is 0 Å². The Morgan fingerprint density at radius 3 is 2.47 bits per heavy atom. The predicted molar refractivity (Wildman–Crippen MR) is 151 cm³/mol. The van der Waals surface area contributed by atoms with Crippen LogP contribution >= 0.6 is 11.3 Å². The van der Waals surface area contributed by atoms with Crippen LogP contribution in [0.4, 0.5) is 32.5 Å². The van der Waals surface area contributed by atoms with E-state index >= 15 is 0 Å². The standard InChI is InChI=1S/C28H30N6O3S/c1-17-6-5-7-20(14-17)33-26(35)32-19-10-8-18(9-11-19)31-24-23-21-12-13-34(27(36)37-28(2,3)4)15-22(21)38-25(23)30-16-29-24/h5-11,14,16H,12-13,15H2,1-4H3,(H,29,30,31)(H2,32,33,35). The second-order valence-electron chi connectivity index (χ2n) is 10.2. The van der Waals surface area contributed by atoms with E-state index in [4.69, 9.17) is 4.74 Å². The maximum Gasteiger partial charge on any atom is 0.410 e. The van der Waals surface area contributed by atoms with E-state index in [-0.39, 0.29) is 12.1 Å². The molecule has 4 aromatic rings. The summed E-state index contributed by atoms with van der Waals surface area (Å²) in [6.45, 7) is 8.66. The van der Waals surface area contributed by atoms with Crippen molar-refractivity contribution >= 4 is 56.6 Å². The van der Waals surface area contributed by atoms with Crippen molar-refractivity contribution in [3.8, 4) is 0 Å². The first kappa shape index (κ1) is 25.5. The van der Waals surface area contributed by atoms with Gasteiger partial charge in [0.15, 0.2) is 0 Å². The number of ether oxygens (including phenoxy) is 1. The first-order chi connectivity index (χ1) is 18.1. The topological polar surface area (TPSA) is 108 Å². The summed E-state index contributed by atoms with van der Waals surface area (Å²) in [6, 6.07) is 14.8. The Morgan fingerprint density at radius 2 is 1.74 bits per heavy atom. The number of hydrogen-bond donors (Lipinski definition) is 3. The SMILES string of the molecule is Cc1cccc(NC(=O)Nc2ccc(Nc3ncnc4sc5c(c34)CCN(C(=O)OC(C)(C)C)C5)cc2)c1. The number of urea groups is 1. The largest absolute Gasteiger partial charge is 0.444 e. The molecule has 5 rings (SSSR count). The molecule has 3 N–H and O–H groups in total. The zero-order valence-corrected chi connectivity index (χ0v) is 22.6. The Balaban J connectivity index is 1.28. The minimum Gasteiger partial charge on any atom is -0.444 e. The van der Waals surface area contributed by atoms with Crippen LogP contribution in [-0.4, -0.2) is 39.1 Å². The van der Waals surface area contributed by atoms with Gasteiger partial charge in [-0.1, -0.05) is 12.1 Å². The Morgan fingerprint density at radius 1 is 1.00 bits per heavy atom. The molecule has 10 heteroatoms. The van der Waals surface area contributed by atoms with Gasteiger partial charge in [0.2, 0.25) is 0 Å². The molecule has 0 spiro atoms. The monoisotopic (exact) mass is 530 g/mol. The number of rotatable bonds is 4. The highest BCUT2D eigenvalue weighted by atomic mass is 32.1. The van der Waals surface area contributed by atoms with Gasteiger partial charge in [0.1, 0.15) is 22.6 Å². The minimum atomic E-state index is -0.532. The third-order valence-electron chi connectivity index (χ3n) is 5.97. The highest BCUT2D eigenvalue weighted by Crippen LogP contribution is 2.38. The number of thiophene rings is 1. The van der Waals surface area contributed by atoms with Crippen LogP contribution in [0.5, 0.6) is 0 Å². The number of hydrogen-bond acceptors (Lipinski definition) is 7. The van der Waals surface area contributed by atoms with E-state index in [0.29, 0.717) is 25.2 Å². The highest BCUT2D eigenvalue weighted by Gasteiger charge is 2.29. The molecule has 196 valence electrons. The number of amides is 3. The van der Waals surface area contributed by atoms with Crippen LogP contribution in [0, 0.1) is 6.92 Å². The van der Waals surface area contributed by atoms with E-state index in [1.165, 1.54) is 5.56 Å². The van der Waals surface area contributed by atoms with Gasteiger partial charge in [-0.3, -0.25) is 0 Å². The average molecular weight is 531 g/mol. The number of fused-ring (bicyclic) bond motifs is 3. The second-order valence-corrected chi connectivity index (χ2v) is 11.3. The summed E-state index contributed by atoms with van der Waals surface area (Å²) in [5.41, 5.74) is 3.95. The van der Waals surface area contributed by atoms with Gasteiger partial charge in [-0.2, -0.15) is 0 Å². The maximum absolute atomic E-state index is 12.6. The van der Waals surface area contributed by atoms with Crippen molar-refractivity contribution in [1.29, 1.82) is 0 Å². The molecule has 38 heavy (non-hydrogen) atoms. The van der Waals surface area contributed by atoms with Crippen molar-refractivity contribution in [1.82, 2.24) is 14.9 Å². The molecule has 0 saturated heterocycles. The minimum absolute atomic E-state index is 0.300. The fourth-order valence-electron chi connectivity index (χ4n) is 4.29. The first-order valence-electron chi connectivity index (χ1n) is 12.4. The zero-order valence-electron chi connectivity index (χ0n) is 21.8. The average Bonchev–Trinajstić information content (AvgIpc) is 3.23. The van der Waals surface area contributed by atoms with E-state index in [9.17, 15) is 9.59 Å². The number of anilines is 4. The fraction of sp³-hybridized carbons (Fsp3) is 0.286. The van der Waals surface area contributed by atoms with Crippen molar-refractivity contribution in [2.24, 2.45) is 0 Å². The van der Waals surface area contributed by atoms with Crippen molar-refractivity contribution < 1.29 is 14.3 Å². The maximum atomic E-state index is 12.6. The third kappa shape index (κ3) is 5.86. The molecule has 2 aromatic carbocycles. The lowest BCUT2D eigenvalue weighted by atomic mass is 10.1. The van der Waals surface area contributed by atoms with Gasteiger partial charge in [-0.15, -0.1) is 11.3 Å². The molecule has 0 atom stereocenters. The van der Waals surface area contributed by atoms with E-state index < -0.39 is 5.60 Å². The van der Waals surface area contributed by atoms with Gasteiger partial charge in [0.05, 0.1) is 11.9 Å². The van der Waals surface area contributed by atoms with Gasteiger partial charge < -0.3 is 25.6 Å². The number of carbonyl (C=O) groups excluding carboxylic acids is 2. The van der Waals surface area contributed by atoms with Crippen LogP contribution < -0.4 is 16.0 Å². The van der Waals surface area contributed by atoms with Gasteiger partial charge in [-0.25, -0.2) is 19.6 Å². The molecule has 0 fully saturated rings. The van der Waals surface area contributed by atoms with E-state index in [1.54, 1.807) is 22.6 Å². The zero-order chi connectivity index (χ0) is 26.9. The van der Waals surface area contributed by atoms with Crippen LogP contribution in [0.25, 0.3) is 10.2 Å². The molecule has 3 amide bonds. The predicted octanol–water partition coefficient (Wildman–Crippen LogP) is 6.68. The van der Waals surface area contributed by atoms with Crippen molar-refractivity contribution in [2.75, 3.05) is 22.5 Å². The van der Waals surface area contributed by atoms with Crippen molar-refractivity contribution in [2.45, 2.75) is 46.3 Å². The smallest absolute Gasteiger partial charge is 0.410 e. The van der Waals surface area contributed by atoms with Crippen LogP contribution in [0.1, 0.15) is 36.8 Å². The third-order valence-corrected chi connectivity index (χ3v) is 7.09. The quantitative estimate of drug-likeness (QED) is 0.272.